The van der Waals surface area contributed by atoms with Gasteiger partial charge >= 0.3 is 0 Å². The van der Waals surface area contributed by atoms with Gasteiger partial charge in [-0.2, -0.15) is 0 Å². The van der Waals surface area contributed by atoms with Gasteiger partial charge in [-0.05, 0) is 60.0 Å². The van der Waals surface area contributed by atoms with Crippen LogP contribution in [0.15, 0.2) is 83.9 Å². The van der Waals surface area contributed by atoms with Gasteiger partial charge in [0.1, 0.15) is 11.5 Å². The van der Waals surface area contributed by atoms with Gasteiger partial charge in [-0.1, -0.05) is 48.9 Å². The SMILES string of the molecule is CCCS(=O)(=O)c1cccc(Oc2cccc(-c3ccnc4c(Cl)cccc34)c2)c1. The van der Waals surface area contributed by atoms with Crippen LogP contribution in [0, 0.1) is 0 Å². The second kappa shape index (κ2) is 8.46. The zero-order valence-corrected chi connectivity index (χ0v) is 18.0. The van der Waals surface area contributed by atoms with E-state index in [0.29, 0.717) is 22.9 Å². The quantitative estimate of drug-likeness (QED) is 0.344. The molecule has 0 bridgehead atoms. The summed E-state index contributed by atoms with van der Waals surface area (Å²) in [7, 11) is -3.30. The number of sulfone groups is 1. The van der Waals surface area contributed by atoms with Crippen molar-refractivity contribution in [2.24, 2.45) is 0 Å². The van der Waals surface area contributed by atoms with E-state index in [-0.39, 0.29) is 10.6 Å². The summed E-state index contributed by atoms with van der Waals surface area (Å²) in [6.07, 6.45) is 2.30. The highest BCUT2D eigenvalue weighted by atomic mass is 35.5. The molecule has 0 N–H and O–H groups in total. The van der Waals surface area contributed by atoms with Gasteiger partial charge in [0.25, 0.3) is 0 Å². The molecule has 4 aromatic rings. The zero-order valence-electron chi connectivity index (χ0n) is 16.4. The first-order chi connectivity index (χ1) is 14.5. The Hall–Kier alpha value is -2.89. The topological polar surface area (TPSA) is 56.3 Å². The fraction of sp³-hybridized carbons (Fsp3) is 0.125. The minimum absolute atomic E-state index is 0.115. The average Bonchev–Trinajstić information content (AvgIpc) is 2.74. The maximum Gasteiger partial charge on any atom is 0.178 e. The first kappa shape index (κ1) is 20.4. The summed E-state index contributed by atoms with van der Waals surface area (Å²) in [5, 5.41) is 1.56. The Labute approximate surface area is 181 Å². The van der Waals surface area contributed by atoms with E-state index in [0.717, 1.165) is 22.0 Å². The van der Waals surface area contributed by atoms with Crippen molar-refractivity contribution in [3.63, 3.8) is 0 Å². The number of hydrogen-bond acceptors (Lipinski definition) is 4. The first-order valence-electron chi connectivity index (χ1n) is 9.62. The second-order valence-electron chi connectivity index (χ2n) is 6.92. The van der Waals surface area contributed by atoms with Crippen LogP contribution in [-0.4, -0.2) is 19.2 Å². The van der Waals surface area contributed by atoms with Crippen molar-refractivity contribution in [1.82, 2.24) is 4.98 Å². The van der Waals surface area contributed by atoms with Crippen LogP contribution < -0.4 is 4.74 Å². The van der Waals surface area contributed by atoms with Crippen molar-refractivity contribution in [3.05, 3.63) is 84.0 Å². The molecular weight excluding hydrogens is 418 g/mol. The number of halogens is 1. The van der Waals surface area contributed by atoms with Crippen LogP contribution in [-0.2, 0) is 9.84 Å². The van der Waals surface area contributed by atoms with Crippen LogP contribution in [0.4, 0.5) is 0 Å². The molecule has 0 saturated carbocycles. The minimum atomic E-state index is -3.30. The van der Waals surface area contributed by atoms with E-state index in [2.05, 4.69) is 4.98 Å². The zero-order chi connectivity index (χ0) is 21.1. The molecule has 3 aromatic carbocycles. The molecule has 0 aliphatic carbocycles. The van der Waals surface area contributed by atoms with E-state index in [1.165, 1.54) is 0 Å². The number of nitrogens with zero attached hydrogens (tertiary/aromatic N) is 1. The van der Waals surface area contributed by atoms with Gasteiger partial charge in [-0.25, -0.2) is 8.42 Å². The Morgan fingerprint density at radius 3 is 2.47 bits per heavy atom. The fourth-order valence-electron chi connectivity index (χ4n) is 3.37. The predicted octanol–water partition coefficient (Wildman–Crippen LogP) is 6.53. The van der Waals surface area contributed by atoms with Crippen molar-refractivity contribution >= 4 is 32.3 Å². The van der Waals surface area contributed by atoms with E-state index in [9.17, 15) is 8.42 Å². The molecule has 0 atom stereocenters. The van der Waals surface area contributed by atoms with Gasteiger partial charge in [-0.15, -0.1) is 0 Å². The number of pyridine rings is 1. The number of aromatic nitrogens is 1. The summed E-state index contributed by atoms with van der Waals surface area (Å²) in [5.74, 6) is 1.21. The van der Waals surface area contributed by atoms with Gasteiger partial charge in [0.2, 0.25) is 0 Å². The van der Waals surface area contributed by atoms with Gasteiger partial charge in [0.15, 0.2) is 9.84 Å². The molecule has 30 heavy (non-hydrogen) atoms. The molecule has 0 amide bonds. The second-order valence-corrected chi connectivity index (χ2v) is 9.43. The van der Waals surface area contributed by atoms with E-state index in [1.807, 2.05) is 55.5 Å². The smallest absolute Gasteiger partial charge is 0.178 e. The molecule has 0 aliphatic heterocycles. The highest BCUT2D eigenvalue weighted by Gasteiger charge is 2.14. The maximum atomic E-state index is 12.4. The van der Waals surface area contributed by atoms with Crippen molar-refractivity contribution in [2.45, 2.75) is 18.2 Å². The Balaban J connectivity index is 1.69. The van der Waals surface area contributed by atoms with Crippen LogP contribution in [0.5, 0.6) is 11.5 Å². The molecule has 4 nitrogen and oxygen atoms in total. The third kappa shape index (κ3) is 4.18. The average molecular weight is 438 g/mol. The van der Waals surface area contributed by atoms with Crippen LogP contribution in [0.25, 0.3) is 22.0 Å². The lowest BCUT2D eigenvalue weighted by molar-refractivity contribution is 0.481. The van der Waals surface area contributed by atoms with Crippen molar-refractivity contribution in [3.8, 4) is 22.6 Å². The lowest BCUT2D eigenvalue weighted by Crippen LogP contribution is -2.05. The predicted molar refractivity (Wildman–Crippen MR) is 121 cm³/mol. The van der Waals surface area contributed by atoms with Crippen LogP contribution in [0.2, 0.25) is 5.02 Å². The van der Waals surface area contributed by atoms with Crippen molar-refractivity contribution in [2.75, 3.05) is 5.75 Å². The fourth-order valence-corrected chi connectivity index (χ4v) is 4.95. The summed E-state index contributed by atoms with van der Waals surface area (Å²) >= 11 is 6.29. The minimum Gasteiger partial charge on any atom is -0.457 e. The van der Waals surface area contributed by atoms with E-state index in [4.69, 9.17) is 16.3 Å². The third-order valence-electron chi connectivity index (χ3n) is 4.74. The lowest BCUT2D eigenvalue weighted by atomic mass is 10.0. The van der Waals surface area contributed by atoms with Gasteiger partial charge in [0, 0.05) is 11.6 Å². The molecule has 0 spiro atoms. The molecular formula is C24H20ClNO3S. The summed E-state index contributed by atoms with van der Waals surface area (Å²) in [6, 6.07) is 21.9. The van der Waals surface area contributed by atoms with Crippen LogP contribution in [0.3, 0.4) is 0 Å². The molecule has 0 radical (unpaired) electrons. The van der Waals surface area contributed by atoms with Crippen molar-refractivity contribution in [1.29, 1.82) is 0 Å². The molecule has 4 rings (SSSR count). The number of fused-ring (bicyclic) bond motifs is 1. The summed E-state index contributed by atoms with van der Waals surface area (Å²) in [4.78, 5) is 4.66. The monoisotopic (exact) mass is 437 g/mol. The summed E-state index contributed by atoms with van der Waals surface area (Å²) in [5.41, 5.74) is 2.70. The van der Waals surface area contributed by atoms with Gasteiger partial charge < -0.3 is 4.74 Å². The standard InChI is InChI=1S/C24H20ClNO3S/c1-2-14-30(27,28)20-9-4-8-19(16-20)29-18-7-3-6-17(15-18)21-12-13-26-24-22(21)10-5-11-23(24)25/h3-13,15-16H,2,14H2,1H3. The van der Waals surface area contributed by atoms with Gasteiger partial charge in [-0.3, -0.25) is 4.98 Å². The third-order valence-corrected chi connectivity index (χ3v) is 6.96. The Morgan fingerprint density at radius 1 is 0.933 bits per heavy atom. The summed E-state index contributed by atoms with van der Waals surface area (Å²) in [6.45, 7) is 1.85. The Morgan fingerprint density at radius 2 is 1.67 bits per heavy atom. The molecule has 0 saturated heterocycles. The number of rotatable bonds is 6. The first-order valence-corrected chi connectivity index (χ1v) is 11.7. The Kier molecular flexibility index (Phi) is 5.75. The molecule has 1 aromatic heterocycles. The Bertz CT molecular complexity index is 1320. The molecule has 152 valence electrons. The molecule has 0 aliphatic rings. The number of benzene rings is 3. The molecule has 0 unspecified atom stereocenters. The largest absolute Gasteiger partial charge is 0.457 e. The molecule has 6 heteroatoms. The lowest BCUT2D eigenvalue weighted by Gasteiger charge is -2.11. The maximum absolute atomic E-state index is 12.4. The van der Waals surface area contributed by atoms with Gasteiger partial charge in [0.05, 0.1) is 21.2 Å². The summed E-state index contributed by atoms with van der Waals surface area (Å²) < 4.78 is 30.7. The van der Waals surface area contributed by atoms with Crippen LogP contribution in [0.1, 0.15) is 13.3 Å². The van der Waals surface area contributed by atoms with E-state index >= 15 is 0 Å². The van der Waals surface area contributed by atoms with E-state index in [1.54, 1.807) is 30.5 Å². The normalized spacial score (nSPS) is 11.5. The number of hydrogen-bond donors (Lipinski definition) is 0. The van der Waals surface area contributed by atoms with E-state index < -0.39 is 9.84 Å². The molecule has 1 heterocycles. The number of ether oxygens (including phenoxy) is 1. The highest BCUT2D eigenvalue weighted by molar-refractivity contribution is 7.91. The highest BCUT2D eigenvalue weighted by Crippen LogP contribution is 2.33. The molecule has 0 fully saturated rings. The van der Waals surface area contributed by atoms with Crippen molar-refractivity contribution < 1.29 is 13.2 Å². The van der Waals surface area contributed by atoms with Crippen LogP contribution >= 0.6 is 11.6 Å². The number of para-hydroxylation sites is 1.